The van der Waals surface area contributed by atoms with Gasteiger partial charge < -0.3 is 14.6 Å². The number of piperazine rings is 1. The molecule has 1 amide bonds. The van der Waals surface area contributed by atoms with Crippen LogP contribution in [0.5, 0.6) is 5.75 Å². The summed E-state index contributed by atoms with van der Waals surface area (Å²) < 4.78 is 19.4. The van der Waals surface area contributed by atoms with E-state index in [1.165, 1.54) is 18.7 Å². The summed E-state index contributed by atoms with van der Waals surface area (Å²) in [6.07, 6.45) is 0. The van der Waals surface area contributed by atoms with Crippen molar-refractivity contribution in [3.05, 3.63) is 65.6 Å². The quantitative estimate of drug-likeness (QED) is 0.750. The Morgan fingerprint density at radius 3 is 2.71 bits per heavy atom. The SMILES string of the molecule is COc1ccc(F)c2[nH]c(C(=O)N3CCN(Cc4ccccc4)C[C@H]3C)cc12. The number of aromatic nitrogens is 1. The average Bonchev–Trinajstić information content (AvgIpc) is 3.15. The standard InChI is InChI=1S/C22H24FN3O2/c1-15-13-25(14-16-6-4-3-5-7-16)10-11-26(15)22(27)19-12-17-20(28-2)9-8-18(23)21(17)24-19/h3-9,12,15,24H,10-11,13-14H2,1-2H3/t15-/m1/s1. The monoisotopic (exact) mass is 381 g/mol. The highest BCUT2D eigenvalue weighted by molar-refractivity contribution is 6.00. The van der Waals surface area contributed by atoms with E-state index in [1.807, 2.05) is 23.1 Å². The van der Waals surface area contributed by atoms with Gasteiger partial charge in [-0.15, -0.1) is 0 Å². The van der Waals surface area contributed by atoms with Crippen LogP contribution in [0.25, 0.3) is 10.9 Å². The van der Waals surface area contributed by atoms with Crippen molar-refractivity contribution in [2.24, 2.45) is 0 Å². The Labute approximate surface area is 163 Å². The molecule has 1 fully saturated rings. The Hall–Kier alpha value is -2.86. The zero-order valence-electron chi connectivity index (χ0n) is 16.1. The molecule has 0 bridgehead atoms. The summed E-state index contributed by atoms with van der Waals surface area (Å²) in [6.45, 7) is 5.18. The molecule has 4 rings (SSSR count). The Balaban J connectivity index is 1.50. The largest absolute Gasteiger partial charge is 0.496 e. The van der Waals surface area contributed by atoms with Crippen molar-refractivity contribution in [2.75, 3.05) is 26.7 Å². The lowest BCUT2D eigenvalue weighted by molar-refractivity contribution is 0.0471. The molecule has 5 nitrogen and oxygen atoms in total. The van der Waals surface area contributed by atoms with E-state index in [1.54, 1.807) is 12.1 Å². The number of fused-ring (bicyclic) bond motifs is 1. The van der Waals surface area contributed by atoms with Crippen LogP contribution in [0.1, 0.15) is 23.0 Å². The second-order valence-electron chi connectivity index (χ2n) is 7.29. The number of H-pyrrole nitrogens is 1. The fourth-order valence-electron chi connectivity index (χ4n) is 3.93. The van der Waals surface area contributed by atoms with E-state index in [4.69, 9.17) is 4.74 Å². The fourth-order valence-corrected chi connectivity index (χ4v) is 3.93. The number of aromatic amines is 1. The third-order valence-corrected chi connectivity index (χ3v) is 5.37. The van der Waals surface area contributed by atoms with Gasteiger partial charge in [-0.3, -0.25) is 9.69 Å². The van der Waals surface area contributed by atoms with Crippen molar-refractivity contribution < 1.29 is 13.9 Å². The molecule has 1 aliphatic heterocycles. The molecule has 146 valence electrons. The number of hydrogen-bond donors (Lipinski definition) is 1. The molecule has 0 saturated carbocycles. The first-order valence-corrected chi connectivity index (χ1v) is 9.49. The molecule has 1 aliphatic rings. The summed E-state index contributed by atoms with van der Waals surface area (Å²) in [6, 6.07) is 15.0. The zero-order chi connectivity index (χ0) is 19.7. The minimum atomic E-state index is -0.393. The van der Waals surface area contributed by atoms with Gasteiger partial charge in [0.15, 0.2) is 0 Å². The van der Waals surface area contributed by atoms with Gasteiger partial charge in [0.25, 0.3) is 5.91 Å². The van der Waals surface area contributed by atoms with Crippen molar-refractivity contribution in [2.45, 2.75) is 19.5 Å². The molecule has 0 unspecified atom stereocenters. The lowest BCUT2D eigenvalue weighted by atomic mass is 10.1. The first kappa shape index (κ1) is 18.5. The summed E-state index contributed by atoms with van der Waals surface area (Å²) in [5.41, 5.74) is 1.97. The summed E-state index contributed by atoms with van der Waals surface area (Å²) in [5, 5.41) is 0.584. The Bertz CT molecular complexity index is 986. The fraction of sp³-hybridized carbons (Fsp3) is 0.318. The Kier molecular flexibility index (Phi) is 5.05. The van der Waals surface area contributed by atoms with Crippen LogP contribution in [-0.2, 0) is 6.54 Å². The average molecular weight is 381 g/mol. The summed E-state index contributed by atoms with van der Waals surface area (Å²) >= 11 is 0. The Morgan fingerprint density at radius 1 is 1.21 bits per heavy atom. The van der Waals surface area contributed by atoms with Crippen LogP contribution in [-0.4, -0.2) is 53.5 Å². The first-order chi connectivity index (χ1) is 13.6. The minimum absolute atomic E-state index is 0.0723. The number of nitrogens with zero attached hydrogens (tertiary/aromatic N) is 2. The van der Waals surface area contributed by atoms with Crippen LogP contribution >= 0.6 is 0 Å². The van der Waals surface area contributed by atoms with E-state index >= 15 is 0 Å². The summed E-state index contributed by atoms with van der Waals surface area (Å²) in [7, 11) is 1.54. The lowest BCUT2D eigenvalue weighted by Gasteiger charge is -2.39. The molecule has 1 N–H and O–H groups in total. The predicted molar refractivity (Wildman–Crippen MR) is 107 cm³/mol. The van der Waals surface area contributed by atoms with Crippen LogP contribution in [0.15, 0.2) is 48.5 Å². The number of methoxy groups -OCH3 is 1. The molecule has 28 heavy (non-hydrogen) atoms. The van der Waals surface area contributed by atoms with Crippen LogP contribution < -0.4 is 4.74 Å². The van der Waals surface area contributed by atoms with Crippen molar-refractivity contribution >= 4 is 16.8 Å². The summed E-state index contributed by atoms with van der Waals surface area (Å²) in [5.74, 6) is 0.0486. The first-order valence-electron chi connectivity index (χ1n) is 9.49. The van der Waals surface area contributed by atoms with Gasteiger partial charge in [-0.1, -0.05) is 30.3 Å². The van der Waals surface area contributed by atoms with Gasteiger partial charge in [0.1, 0.15) is 17.3 Å². The maximum Gasteiger partial charge on any atom is 0.270 e. The molecule has 6 heteroatoms. The molecule has 1 aromatic heterocycles. The highest BCUT2D eigenvalue weighted by Crippen LogP contribution is 2.29. The molecule has 1 saturated heterocycles. The molecule has 1 atom stereocenters. The third-order valence-electron chi connectivity index (χ3n) is 5.37. The second kappa shape index (κ2) is 7.64. The highest BCUT2D eigenvalue weighted by atomic mass is 19.1. The number of benzene rings is 2. The minimum Gasteiger partial charge on any atom is -0.496 e. The second-order valence-corrected chi connectivity index (χ2v) is 7.29. The van der Waals surface area contributed by atoms with E-state index in [0.717, 1.165) is 19.6 Å². The van der Waals surface area contributed by atoms with Gasteiger partial charge >= 0.3 is 0 Å². The van der Waals surface area contributed by atoms with Gasteiger partial charge in [-0.25, -0.2) is 4.39 Å². The number of nitrogens with one attached hydrogen (secondary N) is 1. The van der Waals surface area contributed by atoms with Crippen molar-refractivity contribution in [3.63, 3.8) is 0 Å². The number of carbonyl (C=O) groups is 1. The normalized spacial score (nSPS) is 17.8. The van der Waals surface area contributed by atoms with Gasteiger partial charge in [0.05, 0.1) is 12.6 Å². The van der Waals surface area contributed by atoms with E-state index in [-0.39, 0.29) is 11.9 Å². The number of halogens is 1. The maximum absolute atomic E-state index is 14.1. The van der Waals surface area contributed by atoms with Crippen LogP contribution in [0.3, 0.4) is 0 Å². The smallest absolute Gasteiger partial charge is 0.270 e. The van der Waals surface area contributed by atoms with E-state index in [9.17, 15) is 9.18 Å². The molecular weight excluding hydrogens is 357 g/mol. The van der Waals surface area contributed by atoms with Crippen molar-refractivity contribution in [3.8, 4) is 5.75 Å². The molecule has 2 aromatic carbocycles. The maximum atomic E-state index is 14.1. The van der Waals surface area contributed by atoms with Gasteiger partial charge in [-0.05, 0) is 30.7 Å². The molecule has 0 radical (unpaired) electrons. The number of carbonyl (C=O) groups excluding carboxylic acids is 1. The van der Waals surface area contributed by atoms with E-state index in [0.29, 0.717) is 28.9 Å². The number of amides is 1. The number of rotatable bonds is 4. The molecule has 3 aromatic rings. The number of ether oxygens (including phenoxy) is 1. The zero-order valence-corrected chi connectivity index (χ0v) is 16.1. The topological polar surface area (TPSA) is 48.6 Å². The molecular formula is C22H24FN3O2. The molecule has 0 aliphatic carbocycles. The van der Waals surface area contributed by atoms with E-state index < -0.39 is 5.82 Å². The van der Waals surface area contributed by atoms with Crippen molar-refractivity contribution in [1.29, 1.82) is 0 Å². The van der Waals surface area contributed by atoms with E-state index in [2.05, 4.69) is 28.9 Å². The van der Waals surface area contributed by atoms with Gasteiger partial charge in [-0.2, -0.15) is 0 Å². The predicted octanol–water partition coefficient (Wildman–Crippen LogP) is 3.66. The summed E-state index contributed by atoms with van der Waals surface area (Å²) in [4.78, 5) is 20.2. The van der Waals surface area contributed by atoms with Gasteiger partial charge in [0, 0.05) is 37.6 Å². The van der Waals surface area contributed by atoms with Crippen LogP contribution in [0.2, 0.25) is 0 Å². The number of hydrogen-bond acceptors (Lipinski definition) is 3. The van der Waals surface area contributed by atoms with Crippen LogP contribution in [0.4, 0.5) is 4.39 Å². The van der Waals surface area contributed by atoms with Crippen molar-refractivity contribution in [1.82, 2.24) is 14.8 Å². The Morgan fingerprint density at radius 2 is 2.00 bits per heavy atom. The van der Waals surface area contributed by atoms with Gasteiger partial charge in [0.2, 0.25) is 0 Å². The van der Waals surface area contributed by atoms with Crippen LogP contribution in [0, 0.1) is 5.82 Å². The molecule has 0 spiro atoms. The highest BCUT2D eigenvalue weighted by Gasteiger charge is 2.29. The third kappa shape index (κ3) is 3.47. The lowest BCUT2D eigenvalue weighted by Crippen LogP contribution is -2.53. The molecule has 2 heterocycles.